The number of aromatic nitrogens is 2. The monoisotopic (exact) mass is 880 g/mol. The normalized spacial score (nSPS) is 11.1. The number of rotatable bonds is 9. The Morgan fingerprint density at radius 1 is 0.633 bits per heavy atom. The van der Waals surface area contributed by atoms with Gasteiger partial charge < -0.3 is 29.7 Å². The van der Waals surface area contributed by atoms with Gasteiger partial charge in [-0.25, -0.2) is 8.42 Å². The molecule has 7 rings (SSSR count). The topological polar surface area (TPSA) is 280 Å². The first-order valence-electron chi connectivity index (χ1n) is 16.4. The fourth-order valence-electron chi connectivity index (χ4n) is 5.06. The largest absolute Gasteiger partial charge is 3.00 e. The number of aryl methyl sites for hydroxylation is 1. The molecule has 7 aromatic rings. The molecule has 0 saturated heterocycles. The van der Waals surface area contributed by atoms with E-state index in [0.717, 1.165) is 40.4 Å². The zero-order chi connectivity index (χ0) is 40.7. The van der Waals surface area contributed by atoms with E-state index in [-0.39, 0.29) is 128 Å². The maximum atomic E-state index is 12.6. The molecule has 1 aromatic heterocycles. The molecule has 0 unspecified atom stereocenters. The molecule has 0 fully saturated rings. The predicted molar refractivity (Wildman–Crippen MR) is 199 cm³/mol. The van der Waals surface area contributed by atoms with Crippen molar-refractivity contribution in [2.24, 2.45) is 30.7 Å². The molecule has 0 aliphatic rings. The van der Waals surface area contributed by atoms with Crippen LogP contribution in [0.25, 0.3) is 16.5 Å². The molecule has 0 aliphatic heterocycles. The van der Waals surface area contributed by atoms with E-state index in [9.17, 15) is 43.2 Å². The van der Waals surface area contributed by atoms with Crippen molar-refractivity contribution in [2.45, 2.75) is 11.8 Å². The summed E-state index contributed by atoms with van der Waals surface area (Å²) in [6, 6.07) is 31.8. The first-order valence-corrected chi connectivity index (χ1v) is 17.8. The fourth-order valence-corrected chi connectivity index (χ4v) is 5.57. The first-order chi connectivity index (χ1) is 27.3. The predicted octanol–water partition coefficient (Wildman–Crippen LogP) is 1.23. The third-order valence-corrected chi connectivity index (χ3v) is 8.68. The Bertz CT molecular complexity index is 2910. The maximum absolute atomic E-state index is 12.6. The van der Waals surface area contributed by atoms with Gasteiger partial charge in [-0.15, -0.1) is 10.8 Å². The van der Waals surface area contributed by atoms with Crippen LogP contribution in [0.3, 0.4) is 0 Å². The molecule has 0 bridgehead atoms. The van der Waals surface area contributed by atoms with E-state index >= 15 is 0 Å². The average Bonchev–Trinajstić information content (AvgIpc) is 3.49. The summed E-state index contributed by atoms with van der Waals surface area (Å²) in [5.41, 5.74) is -0.180. The van der Waals surface area contributed by atoms with Gasteiger partial charge in [-0.3, -0.25) is 14.9 Å². The SMILES string of the molecule is Cc1[n-]n(-c2cccc(S(=O)(=O)[O-])c2)c(=O)c1N=Nc1cc([N+](=O)[O-])ccc1[O-].[Cr+3].[Na+].[Na+].[O-]c1ccc(N=Nc2ccccc2)cc1N=Nc1c([O-])ccc2ccccc12. The summed E-state index contributed by atoms with van der Waals surface area (Å²) in [5.74, 6) is -1.20. The van der Waals surface area contributed by atoms with Gasteiger partial charge in [0.25, 0.3) is 11.2 Å². The Morgan fingerprint density at radius 2 is 1.23 bits per heavy atom. The van der Waals surface area contributed by atoms with E-state index in [2.05, 4.69) is 35.8 Å². The van der Waals surface area contributed by atoms with E-state index < -0.39 is 31.2 Å². The molecule has 0 amide bonds. The van der Waals surface area contributed by atoms with Gasteiger partial charge in [0.2, 0.25) is 0 Å². The van der Waals surface area contributed by atoms with Crippen molar-refractivity contribution in [3.8, 4) is 22.9 Å². The minimum Gasteiger partial charge on any atom is -0.871 e. The summed E-state index contributed by atoms with van der Waals surface area (Å²) in [4.78, 5) is 22.1. The summed E-state index contributed by atoms with van der Waals surface area (Å²) in [6.45, 7) is 1.42. The Hall–Kier alpha value is -5.37. The van der Waals surface area contributed by atoms with Gasteiger partial charge in [-0.1, -0.05) is 97.0 Å². The summed E-state index contributed by atoms with van der Waals surface area (Å²) < 4.78 is 34.3. The average molecular weight is 881 g/mol. The number of hydrogen-bond donors (Lipinski definition) is 0. The van der Waals surface area contributed by atoms with E-state index in [1.165, 1.54) is 37.3 Å². The Labute approximate surface area is 395 Å². The van der Waals surface area contributed by atoms with Crippen LogP contribution >= 0.6 is 0 Å². The van der Waals surface area contributed by atoms with Crippen molar-refractivity contribution in [1.29, 1.82) is 0 Å². The maximum Gasteiger partial charge on any atom is 3.00 e. The van der Waals surface area contributed by atoms with Crippen LogP contribution in [0.15, 0.2) is 168 Å². The fraction of sp³-hybridized carbons (Fsp3) is 0.0263. The van der Waals surface area contributed by atoms with Crippen LogP contribution in [0, 0.1) is 17.0 Å². The van der Waals surface area contributed by atoms with Crippen LogP contribution in [0.4, 0.5) is 39.8 Å². The molecule has 1 heterocycles. The van der Waals surface area contributed by atoms with Gasteiger partial charge in [-0.2, -0.15) is 25.6 Å². The van der Waals surface area contributed by atoms with E-state index in [0.29, 0.717) is 16.8 Å². The second kappa shape index (κ2) is 21.8. The number of non-ortho nitro benzene ring substituents is 1. The van der Waals surface area contributed by atoms with Crippen LogP contribution in [0.2, 0.25) is 0 Å². The molecule has 289 valence electrons. The van der Waals surface area contributed by atoms with Crippen molar-refractivity contribution in [3.05, 3.63) is 154 Å². The number of fused-ring (bicyclic) bond motifs is 1. The van der Waals surface area contributed by atoms with Crippen molar-refractivity contribution in [2.75, 3.05) is 0 Å². The number of hydrogen-bond acceptors (Lipinski definition) is 15. The van der Waals surface area contributed by atoms with Gasteiger partial charge >= 0.3 is 76.5 Å². The zero-order valence-corrected chi connectivity index (χ0v) is 37.7. The van der Waals surface area contributed by atoms with Gasteiger partial charge in [0.05, 0.1) is 38.3 Å². The van der Waals surface area contributed by atoms with Crippen LogP contribution in [0.1, 0.15) is 5.69 Å². The minimum absolute atomic E-state index is 0. The second-order valence-corrected chi connectivity index (χ2v) is 13.1. The Balaban J connectivity index is 0.000000305. The number of nitrogens with zero attached hydrogens (tertiary/aromatic N) is 9. The Kier molecular flexibility index (Phi) is 17.8. The second-order valence-electron chi connectivity index (χ2n) is 11.7. The third-order valence-electron chi connectivity index (χ3n) is 7.85. The molecule has 1 radical (unpaired) electrons. The summed E-state index contributed by atoms with van der Waals surface area (Å²) in [6.07, 6.45) is 0. The van der Waals surface area contributed by atoms with Crippen molar-refractivity contribution >= 4 is 60.7 Å². The van der Waals surface area contributed by atoms with Gasteiger partial charge in [-0.05, 0) is 47.9 Å². The van der Waals surface area contributed by atoms with E-state index in [1.54, 1.807) is 18.2 Å². The molecule has 0 spiro atoms. The molecule has 0 aliphatic carbocycles. The van der Waals surface area contributed by atoms with Crippen molar-refractivity contribution in [3.63, 3.8) is 0 Å². The quantitative estimate of drug-likeness (QED) is 0.0657. The van der Waals surface area contributed by atoms with Crippen LogP contribution in [-0.4, -0.2) is 22.6 Å². The number of nitro groups is 1. The number of benzene rings is 6. The van der Waals surface area contributed by atoms with Crippen LogP contribution < -0.4 is 85.1 Å². The summed E-state index contributed by atoms with van der Waals surface area (Å²) >= 11 is 0. The molecule has 0 saturated carbocycles. The third kappa shape index (κ3) is 12.1. The summed E-state index contributed by atoms with van der Waals surface area (Å²) in [5, 5.41) is 76.0. The van der Waals surface area contributed by atoms with Crippen molar-refractivity contribution in [1.82, 2.24) is 9.78 Å². The molecule has 0 atom stereocenters. The van der Waals surface area contributed by atoms with Crippen molar-refractivity contribution < 1.29 is 110 Å². The molecule has 60 heavy (non-hydrogen) atoms. The molecule has 22 heteroatoms. The van der Waals surface area contributed by atoms with Crippen LogP contribution in [-0.2, 0) is 27.5 Å². The molecule has 0 N–H and O–H groups in total. The minimum atomic E-state index is -4.74. The van der Waals surface area contributed by atoms with Gasteiger partial charge in [0.1, 0.15) is 15.8 Å². The van der Waals surface area contributed by atoms with E-state index in [4.69, 9.17) is 0 Å². The van der Waals surface area contributed by atoms with Gasteiger partial charge in [0, 0.05) is 23.2 Å². The molecular weight excluding hydrogens is 857 g/mol. The molecule has 6 aromatic carbocycles. The smallest absolute Gasteiger partial charge is 0.871 e. The molecule has 18 nitrogen and oxygen atoms in total. The number of azo groups is 3. The van der Waals surface area contributed by atoms with Crippen LogP contribution in [0.5, 0.6) is 17.2 Å². The van der Waals surface area contributed by atoms with Gasteiger partial charge in [0.15, 0.2) is 0 Å². The standard InChI is InChI=1S/C22H16N4O2.C16H13N5O7S.Cr.2Na/c27-20-13-11-17(24-23-16-7-2-1-3-8-16)14-19(20)25-26-22-18-9-5-4-6-15(18)10-12-21(22)28;1-9-15(18-17-13-8-11(21(24)25)5-6-14(13)22)16(23)20(19-9)10-3-2-4-12(7-10)29(26,27)28;;;/h1-14,27-28H;2-8H,1H3,(H3,17,18,19,22,23,26,27,28);;;/q;;+3;2*+1/p-5. The molecular formula is C38H24CrN9Na2O9S. The van der Waals surface area contributed by atoms with E-state index in [1.807, 2.05) is 48.5 Å². The zero-order valence-electron chi connectivity index (χ0n) is 31.6. The Morgan fingerprint density at radius 3 is 1.92 bits per heavy atom. The number of nitro benzene ring substituents is 1. The first kappa shape index (κ1) is 49.0. The summed E-state index contributed by atoms with van der Waals surface area (Å²) in [7, 11) is -4.74.